The lowest BCUT2D eigenvalue weighted by Gasteiger charge is -2.27. The van der Waals surface area contributed by atoms with E-state index in [0.29, 0.717) is 13.2 Å². The van der Waals surface area contributed by atoms with Gasteiger partial charge in [-0.3, -0.25) is 0 Å². The zero-order valence-corrected chi connectivity index (χ0v) is 12.5. The number of pyridine rings is 1. The second-order valence-electron chi connectivity index (χ2n) is 5.53. The number of hydrogen-bond acceptors (Lipinski definition) is 2. The van der Waals surface area contributed by atoms with Gasteiger partial charge < -0.3 is 9.47 Å². The monoisotopic (exact) mass is 284 g/mol. The van der Waals surface area contributed by atoms with Crippen LogP contribution >= 0.6 is 0 Å². The Morgan fingerprint density at radius 3 is 2.33 bits per heavy atom. The zero-order valence-electron chi connectivity index (χ0n) is 12.5. The van der Waals surface area contributed by atoms with Gasteiger partial charge in [-0.05, 0) is 12.5 Å². The SMILES string of the molecule is Cc1cc[n+](CCCC2(c3ccccc3)OCCO2)cc1. The molecule has 1 aromatic carbocycles. The predicted octanol–water partition coefficient (Wildman–Crippen LogP) is 2.96. The molecule has 1 aromatic heterocycles. The third-order valence-electron chi connectivity index (χ3n) is 3.95. The van der Waals surface area contributed by atoms with Crippen LogP contribution in [0.2, 0.25) is 0 Å². The van der Waals surface area contributed by atoms with Gasteiger partial charge >= 0.3 is 0 Å². The standard InChI is InChI=1S/C18H22NO2/c1-16-8-12-19(13-9-16)11-5-10-18(20-14-15-21-18)17-6-3-2-4-7-17/h2-4,6-9,12-13H,5,10-11,14-15H2,1H3/q+1. The summed E-state index contributed by atoms with van der Waals surface area (Å²) in [5.74, 6) is -0.549. The number of benzene rings is 1. The highest BCUT2D eigenvalue weighted by atomic mass is 16.7. The van der Waals surface area contributed by atoms with Crippen LogP contribution in [0, 0.1) is 6.92 Å². The first-order chi connectivity index (χ1) is 10.3. The second-order valence-corrected chi connectivity index (χ2v) is 5.53. The molecule has 0 N–H and O–H groups in total. The van der Waals surface area contributed by atoms with Crippen molar-refractivity contribution in [2.24, 2.45) is 0 Å². The molecule has 0 unspecified atom stereocenters. The summed E-state index contributed by atoms with van der Waals surface area (Å²) in [4.78, 5) is 0. The third kappa shape index (κ3) is 3.31. The molecule has 1 fully saturated rings. The maximum Gasteiger partial charge on any atom is 0.195 e. The second kappa shape index (κ2) is 6.37. The Hall–Kier alpha value is -1.71. The minimum Gasteiger partial charge on any atom is -0.343 e. The van der Waals surface area contributed by atoms with Gasteiger partial charge in [-0.1, -0.05) is 30.3 Å². The van der Waals surface area contributed by atoms with Gasteiger partial charge in [0.25, 0.3) is 0 Å². The van der Waals surface area contributed by atoms with Gasteiger partial charge in [0.2, 0.25) is 0 Å². The first kappa shape index (κ1) is 14.2. The van der Waals surface area contributed by atoms with Crippen LogP contribution in [-0.4, -0.2) is 13.2 Å². The van der Waals surface area contributed by atoms with Crippen LogP contribution in [0.5, 0.6) is 0 Å². The molecule has 0 aliphatic carbocycles. The number of nitrogens with zero attached hydrogens (tertiary/aromatic N) is 1. The molecule has 0 saturated carbocycles. The van der Waals surface area contributed by atoms with Crippen LogP contribution in [0.25, 0.3) is 0 Å². The quantitative estimate of drug-likeness (QED) is 0.788. The van der Waals surface area contributed by atoms with Gasteiger partial charge in [0, 0.05) is 30.5 Å². The molecule has 0 radical (unpaired) electrons. The van der Waals surface area contributed by atoms with E-state index < -0.39 is 5.79 Å². The van der Waals surface area contributed by atoms with Crippen molar-refractivity contribution < 1.29 is 14.0 Å². The molecule has 110 valence electrons. The summed E-state index contributed by atoms with van der Waals surface area (Å²) in [5, 5.41) is 0. The Kier molecular flexibility index (Phi) is 4.32. The summed E-state index contributed by atoms with van der Waals surface area (Å²) in [6.45, 7) is 4.43. The average Bonchev–Trinajstić information content (AvgIpc) is 3.00. The van der Waals surface area contributed by atoms with Crippen LogP contribution in [0.1, 0.15) is 24.0 Å². The number of aryl methyl sites for hydroxylation is 2. The van der Waals surface area contributed by atoms with Gasteiger partial charge in [-0.2, -0.15) is 0 Å². The Balaban J connectivity index is 1.65. The summed E-state index contributed by atoms with van der Waals surface area (Å²) in [6.07, 6.45) is 6.14. The molecule has 3 rings (SSSR count). The number of hydrogen-bond donors (Lipinski definition) is 0. The lowest BCUT2D eigenvalue weighted by atomic mass is 10.0. The van der Waals surface area contributed by atoms with Gasteiger partial charge in [0.1, 0.15) is 6.54 Å². The fraction of sp³-hybridized carbons (Fsp3) is 0.389. The summed E-state index contributed by atoms with van der Waals surface area (Å²) in [7, 11) is 0. The van der Waals surface area contributed by atoms with E-state index in [9.17, 15) is 0 Å². The maximum atomic E-state index is 5.95. The molecule has 0 spiro atoms. The van der Waals surface area contributed by atoms with Crippen molar-refractivity contribution in [3.05, 3.63) is 66.0 Å². The van der Waals surface area contributed by atoms with Crippen LogP contribution in [-0.2, 0) is 21.8 Å². The predicted molar refractivity (Wildman–Crippen MR) is 80.6 cm³/mol. The maximum absolute atomic E-state index is 5.95. The molecule has 3 heteroatoms. The van der Waals surface area contributed by atoms with E-state index in [-0.39, 0.29) is 0 Å². The minimum absolute atomic E-state index is 0.549. The van der Waals surface area contributed by atoms with Crippen molar-refractivity contribution in [2.75, 3.05) is 13.2 Å². The Bertz CT molecular complexity index is 560. The molecule has 1 saturated heterocycles. The Morgan fingerprint density at radius 1 is 1.00 bits per heavy atom. The molecule has 3 nitrogen and oxygen atoms in total. The summed E-state index contributed by atoms with van der Waals surface area (Å²) >= 11 is 0. The normalized spacial score (nSPS) is 17.0. The Labute approximate surface area is 126 Å². The van der Waals surface area contributed by atoms with Crippen molar-refractivity contribution in [3.63, 3.8) is 0 Å². The largest absolute Gasteiger partial charge is 0.343 e. The smallest absolute Gasteiger partial charge is 0.195 e. The molecule has 0 atom stereocenters. The molecule has 1 aliphatic heterocycles. The summed E-state index contributed by atoms with van der Waals surface area (Å²) < 4.78 is 14.1. The molecule has 0 amide bonds. The van der Waals surface area contributed by atoms with Gasteiger partial charge in [0.05, 0.1) is 13.2 Å². The highest BCUT2D eigenvalue weighted by Crippen LogP contribution is 2.35. The highest BCUT2D eigenvalue weighted by Gasteiger charge is 2.38. The number of rotatable bonds is 5. The van der Waals surface area contributed by atoms with Gasteiger partial charge in [-0.15, -0.1) is 0 Å². The fourth-order valence-corrected chi connectivity index (χ4v) is 2.78. The lowest BCUT2D eigenvalue weighted by Crippen LogP contribution is -2.35. The first-order valence-electron chi connectivity index (χ1n) is 7.58. The molecular formula is C18H22NO2+. The molecule has 2 heterocycles. The number of aromatic nitrogens is 1. The van der Waals surface area contributed by atoms with Gasteiger partial charge in [-0.25, -0.2) is 4.57 Å². The van der Waals surface area contributed by atoms with E-state index in [1.165, 1.54) is 5.56 Å². The lowest BCUT2D eigenvalue weighted by molar-refractivity contribution is -0.697. The van der Waals surface area contributed by atoms with Crippen LogP contribution in [0.3, 0.4) is 0 Å². The van der Waals surface area contributed by atoms with Crippen molar-refractivity contribution in [1.29, 1.82) is 0 Å². The van der Waals surface area contributed by atoms with Gasteiger partial charge in [0.15, 0.2) is 18.2 Å². The van der Waals surface area contributed by atoms with Crippen LogP contribution in [0.15, 0.2) is 54.9 Å². The van der Waals surface area contributed by atoms with E-state index in [1.807, 2.05) is 18.2 Å². The first-order valence-corrected chi connectivity index (χ1v) is 7.58. The number of ether oxygens (including phenoxy) is 2. The third-order valence-corrected chi connectivity index (χ3v) is 3.95. The Morgan fingerprint density at radius 2 is 1.67 bits per heavy atom. The van der Waals surface area contributed by atoms with E-state index in [4.69, 9.17) is 9.47 Å². The summed E-state index contributed by atoms with van der Waals surface area (Å²) in [5.41, 5.74) is 2.41. The van der Waals surface area contributed by atoms with Crippen LogP contribution < -0.4 is 4.57 Å². The molecular weight excluding hydrogens is 262 g/mol. The van der Waals surface area contributed by atoms with E-state index in [1.54, 1.807) is 0 Å². The molecule has 0 bridgehead atoms. The molecule has 21 heavy (non-hydrogen) atoms. The highest BCUT2D eigenvalue weighted by molar-refractivity contribution is 5.20. The van der Waals surface area contributed by atoms with E-state index >= 15 is 0 Å². The summed E-state index contributed by atoms with van der Waals surface area (Å²) in [6, 6.07) is 14.5. The zero-order chi connectivity index (χ0) is 14.5. The average molecular weight is 284 g/mol. The fourth-order valence-electron chi connectivity index (χ4n) is 2.78. The van der Waals surface area contributed by atoms with Crippen molar-refractivity contribution in [1.82, 2.24) is 0 Å². The minimum atomic E-state index is -0.549. The van der Waals surface area contributed by atoms with Crippen LogP contribution in [0.4, 0.5) is 0 Å². The van der Waals surface area contributed by atoms with Crippen molar-refractivity contribution in [2.45, 2.75) is 32.1 Å². The van der Waals surface area contributed by atoms with E-state index in [0.717, 1.165) is 24.9 Å². The van der Waals surface area contributed by atoms with E-state index in [2.05, 4.69) is 48.1 Å². The molecule has 2 aromatic rings. The van der Waals surface area contributed by atoms with Crippen molar-refractivity contribution in [3.8, 4) is 0 Å². The molecule has 1 aliphatic rings. The topological polar surface area (TPSA) is 22.3 Å². The van der Waals surface area contributed by atoms with Crippen molar-refractivity contribution >= 4 is 0 Å².